The minimum atomic E-state index is -0.558. The first-order valence-electron chi connectivity index (χ1n) is 7.09. The third-order valence-corrected chi connectivity index (χ3v) is 3.23. The molecule has 1 aromatic rings. The molecule has 0 amide bonds. The van der Waals surface area contributed by atoms with Crippen molar-refractivity contribution < 1.29 is 5.11 Å². The van der Waals surface area contributed by atoms with Crippen molar-refractivity contribution in [3.63, 3.8) is 0 Å². The van der Waals surface area contributed by atoms with Gasteiger partial charge in [-0.15, -0.1) is 0 Å². The van der Waals surface area contributed by atoms with Crippen LogP contribution in [0, 0.1) is 18.8 Å². The first kappa shape index (κ1) is 15.2. The molecule has 0 heterocycles. The maximum atomic E-state index is 10.9. The molecule has 0 aliphatic heterocycles. The van der Waals surface area contributed by atoms with Crippen LogP contribution in [0.15, 0.2) is 24.3 Å². The number of aliphatic hydroxyl groups is 1. The number of hydrogen-bond acceptors (Lipinski definition) is 1. The maximum Gasteiger partial charge on any atom is 0.0692 e. The average molecular weight is 248 g/mol. The van der Waals surface area contributed by atoms with Crippen LogP contribution in [0.2, 0.25) is 0 Å². The van der Waals surface area contributed by atoms with Gasteiger partial charge in [-0.1, -0.05) is 57.5 Å². The molecule has 0 bridgehead atoms. The average Bonchev–Trinajstić information content (AvgIpc) is 2.18. The molecule has 0 fully saturated rings. The van der Waals surface area contributed by atoms with Crippen molar-refractivity contribution in [2.45, 2.75) is 59.5 Å². The highest BCUT2D eigenvalue weighted by molar-refractivity contribution is 5.22. The summed E-state index contributed by atoms with van der Waals surface area (Å²) in [6.07, 6.45) is 2.52. The minimum absolute atomic E-state index is 0.527. The van der Waals surface area contributed by atoms with E-state index in [9.17, 15) is 5.11 Å². The number of aryl methyl sites for hydroxylation is 1. The Morgan fingerprint density at radius 2 is 1.39 bits per heavy atom. The first-order valence-corrected chi connectivity index (χ1v) is 7.09. The summed E-state index contributed by atoms with van der Waals surface area (Å²) < 4.78 is 0. The van der Waals surface area contributed by atoms with E-state index in [0.717, 1.165) is 19.3 Å². The van der Waals surface area contributed by atoms with Gasteiger partial charge in [0, 0.05) is 6.42 Å². The van der Waals surface area contributed by atoms with Crippen LogP contribution < -0.4 is 0 Å². The van der Waals surface area contributed by atoms with E-state index in [1.807, 2.05) is 0 Å². The molecule has 0 saturated carbocycles. The van der Waals surface area contributed by atoms with Crippen molar-refractivity contribution in [3.05, 3.63) is 35.4 Å². The predicted octanol–water partition coefficient (Wildman–Crippen LogP) is 4.36. The standard InChI is InChI=1S/C17H28O/c1-13(2)10-17(18,11-14(3)4)12-16-8-6-15(5)7-9-16/h6-9,13-14,18H,10-12H2,1-5H3. The zero-order valence-corrected chi connectivity index (χ0v) is 12.5. The summed E-state index contributed by atoms with van der Waals surface area (Å²) in [5.41, 5.74) is 1.96. The molecule has 1 heteroatoms. The van der Waals surface area contributed by atoms with Gasteiger partial charge in [-0.3, -0.25) is 0 Å². The molecule has 0 radical (unpaired) electrons. The fourth-order valence-corrected chi connectivity index (χ4v) is 2.83. The minimum Gasteiger partial charge on any atom is -0.390 e. The first-order chi connectivity index (χ1) is 8.31. The molecule has 0 atom stereocenters. The maximum absolute atomic E-state index is 10.9. The lowest BCUT2D eigenvalue weighted by atomic mass is 9.80. The zero-order chi connectivity index (χ0) is 13.8. The van der Waals surface area contributed by atoms with Gasteiger partial charge >= 0.3 is 0 Å². The summed E-state index contributed by atoms with van der Waals surface area (Å²) in [5.74, 6) is 1.05. The molecule has 0 saturated heterocycles. The van der Waals surface area contributed by atoms with Crippen LogP contribution in [0.25, 0.3) is 0 Å². The molecule has 102 valence electrons. The zero-order valence-electron chi connectivity index (χ0n) is 12.5. The lowest BCUT2D eigenvalue weighted by molar-refractivity contribution is 0.000743. The van der Waals surface area contributed by atoms with Crippen molar-refractivity contribution in [1.82, 2.24) is 0 Å². The lowest BCUT2D eigenvalue weighted by Crippen LogP contribution is -2.34. The van der Waals surface area contributed by atoms with E-state index in [-0.39, 0.29) is 0 Å². The highest BCUT2D eigenvalue weighted by Crippen LogP contribution is 2.28. The summed E-state index contributed by atoms with van der Waals surface area (Å²) in [5, 5.41) is 10.9. The summed E-state index contributed by atoms with van der Waals surface area (Å²) in [6, 6.07) is 8.53. The summed E-state index contributed by atoms with van der Waals surface area (Å²) in [4.78, 5) is 0. The topological polar surface area (TPSA) is 20.2 Å². The Labute approximate surface area is 112 Å². The van der Waals surface area contributed by atoms with Crippen molar-refractivity contribution in [3.8, 4) is 0 Å². The van der Waals surface area contributed by atoms with E-state index in [0.29, 0.717) is 11.8 Å². The highest BCUT2D eigenvalue weighted by atomic mass is 16.3. The van der Waals surface area contributed by atoms with Gasteiger partial charge in [-0.2, -0.15) is 0 Å². The molecule has 0 spiro atoms. The van der Waals surface area contributed by atoms with Gasteiger partial charge in [0.2, 0.25) is 0 Å². The van der Waals surface area contributed by atoms with Gasteiger partial charge in [-0.25, -0.2) is 0 Å². The lowest BCUT2D eigenvalue weighted by Gasteiger charge is -2.32. The Morgan fingerprint density at radius 3 is 1.78 bits per heavy atom. The molecule has 1 nitrogen and oxygen atoms in total. The van der Waals surface area contributed by atoms with Gasteiger partial charge in [0.1, 0.15) is 0 Å². The smallest absolute Gasteiger partial charge is 0.0692 e. The second-order valence-electron chi connectivity index (χ2n) is 6.58. The Morgan fingerprint density at radius 1 is 0.944 bits per heavy atom. The van der Waals surface area contributed by atoms with Crippen molar-refractivity contribution in [1.29, 1.82) is 0 Å². The molecule has 1 rings (SSSR count). The van der Waals surface area contributed by atoms with Gasteiger partial charge in [-0.05, 0) is 37.2 Å². The van der Waals surface area contributed by atoms with Crippen LogP contribution >= 0.6 is 0 Å². The Bertz CT molecular complexity index is 338. The number of rotatable bonds is 6. The monoisotopic (exact) mass is 248 g/mol. The largest absolute Gasteiger partial charge is 0.390 e. The number of benzene rings is 1. The molecular formula is C17H28O. The van der Waals surface area contributed by atoms with Crippen molar-refractivity contribution in [2.24, 2.45) is 11.8 Å². The molecule has 0 aromatic heterocycles. The van der Waals surface area contributed by atoms with Crippen LogP contribution in [-0.2, 0) is 6.42 Å². The summed E-state index contributed by atoms with van der Waals surface area (Å²) >= 11 is 0. The Kier molecular flexibility index (Phi) is 5.40. The molecule has 0 aliphatic carbocycles. The van der Waals surface area contributed by atoms with Crippen LogP contribution in [0.4, 0.5) is 0 Å². The van der Waals surface area contributed by atoms with E-state index in [2.05, 4.69) is 58.9 Å². The van der Waals surface area contributed by atoms with Crippen molar-refractivity contribution in [2.75, 3.05) is 0 Å². The third kappa shape index (κ3) is 5.22. The van der Waals surface area contributed by atoms with Crippen LogP contribution in [-0.4, -0.2) is 10.7 Å². The fourth-order valence-electron chi connectivity index (χ4n) is 2.83. The van der Waals surface area contributed by atoms with Crippen LogP contribution in [0.3, 0.4) is 0 Å². The van der Waals surface area contributed by atoms with Gasteiger partial charge in [0.25, 0.3) is 0 Å². The summed E-state index contributed by atoms with van der Waals surface area (Å²) in [6.45, 7) is 10.8. The molecular weight excluding hydrogens is 220 g/mol. The highest BCUT2D eigenvalue weighted by Gasteiger charge is 2.29. The third-order valence-electron chi connectivity index (χ3n) is 3.23. The molecule has 18 heavy (non-hydrogen) atoms. The predicted molar refractivity (Wildman–Crippen MR) is 78.7 cm³/mol. The second kappa shape index (κ2) is 6.38. The van der Waals surface area contributed by atoms with E-state index in [1.165, 1.54) is 11.1 Å². The summed E-state index contributed by atoms with van der Waals surface area (Å²) in [7, 11) is 0. The Balaban J connectivity index is 2.80. The van der Waals surface area contributed by atoms with Gasteiger partial charge in [0.05, 0.1) is 5.60 Å². The fraction of sp³-hybridized carbons (Fsp3) is 0.647. The molecule has 0 unspecified atom stereocenters. The van der Waals surface area contributed by atoms with E-state index in [1.54, 1.807) is 0 Å². The number of hydrogen-bond donors (Lipinski definition) is 1. The van der Waals surface area contributed by atoms with Crippen LogP contribution in [0.5, 0.6) is 0 Å². The van der Waals surface area contributed by atoms with Gasteiger partial charge < -0.3 is 5.11 Å². The Hall–Kier alpha value is -0.820. The van der Waals surface area contributed by atoms with Crippen LogP contribution in [0.1, 0.15) is 51.7 Å². The quantitative estimate of drug-likeness (QED) is 0.793. The van der Waals surface area contributed by atoms with Crippen molar-refractivity contribution >= 4 is 0 Å². The van der Waals surface area contributed by atoms with E-state index in [4.69, 9.17) is 0 Å². The molecule has 1 aromatic carbocycles. The SMILES string of the molecule is Cc1ccc(CC(O)(CC(C)C)CC(C)C)cc1. The second-order valence-corrected chi connectivity index (χ2v) is 6.58. The van der Waals surface area contributed by atoms with E-state index < -0.39 is 5.60 Å². The molecule has 0 aliphatic rings. The van der Waals surface area contributed by atoms with E-state index >= 15 is 0 Å². The normalized spacial score (nSPS) is 12.4. The van der Waals surface area contributed by atoms with Gasteiger partial charge in [0.15, 0.2) is 0 Å². The molecule has 1 N–H and O–H groups in total.